The van der Waals surface area contributed by atoms with E-state index in [9.17, 15) is 0 Å². The molecule has 0 aliphatic carbocycles. The summed E-state index contributed by atoms with van der Waals surface area (Å²) >= 11 is 6.05. The standard InChI is InChI=1S/C23H20ClN3O/c24-21-13-11-20(12-14-21)23(28-17-18-7-3-1-4-8-18)16-27-15-22(25-26-27)19-9-5-2-6-10-19/h1-15,23H,16-17H2. The van der Waals surface area contributed by atoms with E-state index in [4.69, 9.17) is 16.3 Å². The van der Waals surface area contributed by atoms with Crippen LogP contribution >= 0.6 is 11.6 Å². The summed E-state index contributed by atoms with van der Waals surface area (Å²) in [6.07, 6.45) is 1.78. The predicted molar refractivity (Wildman–Crippen MR) is 111 cm³/mol. The lowest BCUT2D eigenvalue weighted by Gasteiger charge is -2.18. The van der Waals surface area contributed by atoms with Crippen molar-refractivity contribution in [2.24, 2.45) is 0 Å². The Morgan fingerprint density at radius 2 is 1.54 bits per heavy atom. The largest absolute Gasteiger partial charge is 0.367 e. The Balaban J connectivity index is 1.53. The normalized spacial score (nSPS) is 12.0. The highest BCUT2D eigenvalue weighted by Crippen LogP contribution is 2.24. The molecule has 4 nitrogen and oxygen atoms in total. The van der Waals surface area contributed by atoms with Gasteiger partial charge in [0, 0.05) is 10.6 Å². The monoisotopic (exact) mass is 389 g/mol. The van der Waals surface area contributed by atoms with E-state index in [-0.39, 0.29) is 6.10 Å². The molecule has 28 heavy (non-hydrogen) atoms. The molecule has 0 aliphatic heterocycles. The van der Waals surface area contributed by atoms with Crippen molar-refractivity contribution >= 4 is 11.6 Å². The van der Waals surface area contributed by atoms with Crippen LogP contribution in [0, 0.1) is 0 Å². The molecule has 0 aliphatic rings. The zero-order valence-electron chi connectivity index (χ0n) is 15.3. The molecule has 0 saturated heterocycles. The Bertz CT molecular complexity index is 1000. The van der Waals surface area contributed by atoms with Crippen LogP contribution in [0.5, 0.6) is 0 Å². The Kier molecular flexibility index (Phi) is 5.80. The van der Waals surface area contributed by atoms with E-state index >= 15 is 0 Å². The van der Waals surface area contributed by atoms with Crippen molar-refractivity contribution < 1.29 is 4.74 Å². The molecule has 0 saturated carbocycles. The first-order valence-corrected chi connectivity index (χ1v) is 9.52. The van der Waals surface area contributed by atoms with Crippen molar-refractivity contribution in [2.75, 3.05) is 0 Å². The first kappa shape index (κ1) is 18.4. The third-order valence-corrected chi connectivity index (χ3v) is 4.75. The Morgan fingerprint density at radius 3 is 2.25 bits per heavy atom. The highest BCUT2D eigenvalue weighted by molar-refractivity contribution is 6.30. The molecule has 5 heteroatoms. The summed E-state index contributed by atoms with van der Waals surface area (Å²) < 4.78 is 8.07. The van der Waals surface area contributed by atoms with Crippen LogP contribution in [0.2, 0.25) is 5.02 Å². The molecule has 1 heterocycles. The summed E-state index contributed by atoms with van der Waals surface area (Å²) in [6, 6.07) is 27.9. The van der Waals surface area contributed by atoms with Gasteiger partial charge in [-0.05, 0) is 23.3 Å². The van der Waals surface area contributed by atoms with Crippen molar-refractivity contribution in [1.29, 1.82) is 0 Å². The number of rotatable bonds is 7. The fourth-order valence-corrected chi connectivity index (χ4v) is 3.13. The molecule has 140 valence electrons. The number of hydrogen-bond donors (Lipinski definition) is 0. The van der Waals surface area contributed by atoms with Crippen molar-refractivity contribution in [3.05, 3.63) is 107 Å². The van der Waals surface area contributed by atoms with Gasteiger partial charge < -0.3 is 4.74 Å². The van der Waals surface area contributed by atoms with E-state index in [1.165, 1.54) is 0 Å². The minimum Gasteiger partial charge on any atom is -0.367 e. The fourth-order valence-electron chi connectivity index (χ4n) is 3.00. The first-order chi connectivity index (χ1) is 13.8. The number of benzene rings is 3. The molecule has 0 amide bonds. The maximum Gasteiger partial charge on any atom is 0.113 e. The van der Waals surface area contributed by atoms with Crippen LogP contribution in [0.4, 0.5) is 0 Å². The lowest BCUT2D eigenvalue weighted by Crippen LogP contribution is -2.13. The van der Waals surface area contributed by atoms with Gasteiger partial charge in [-0.1, -0.05) is 89.6 Å². The van der Waals surface area contributed by atoms with Gasteiger partial charge in [0.15, 0.2) is 0 Å². The molecule has 1 atom stereocenters. The maximum absolute atomic E-state index is 6.24. The Labute approximate surface area is 169 Å². The molecule has 4 rings (SSSR count). The van der Waals surface area contributed by atoms with Gasteiger partial charge in [-0.2, -0.15) is 0 Å². The van der Waals surface area contributed by atoms with Crippen molar-refractivity contribution in [2.45, 2.75) is 19.3 Å². The molecule has 1 unspecified atom stereocenters. The summed E-state index contributed by atoms with van der Waals surface area (Å²) in [5, 5.41) is 9.30. The molecular formula is C23H20ClN3O. The van der Waals surface area contributed by atoms with Gasteiger partial charge in [-0.15, -0.1) is 5.10 Å². The zero-order valence-corrected chi connectivity index (χ0v) is 16.0. The number of halogens is 1. The second-order valence-electron chi connectivity index (χ2n) is 6.53. The summed E-state index contributed by atoms with van der Waals surface area (Å²) in [5.74, 6) is 0. The Morgan fingerprint density at radius 1 is 0.857 bits per heavy atom. The Hall–Kier alpha value is -2.95. The van der Waals surface area contributed by atoms with Crippen LogP contribution in [0.1, 0.15) is 17.2 Å². The minimum absolute atomic E-state index is 0.164. The van der Waals surface area contributed by atoms with Crippen LogP contribution in [0.15, 0.2) is 91.1 Å². The molecule has 1 aromatic heterocycles. The summed E-state index contributed by atoms with van der Waals surface area (Å²) in [7, 11) is 0. The fraction of sp³-hybridized carbons (Fsp3) is 0.130. The molecule has 0 spiro atoms. The topological polar surface area (TPSA) is 39.9 Å². The van der Waals surface area contributed by atoms with Crippen LogP contribution in [-0.2, 0) is 17.9 Å². The first-order valence-electron chi connectivity index (χ1n) is 9.14. The summed E-state index contributed by atoms with van der Waals surface area (Å²) in [5.41, 5.74) is 4.07. The SMILES string of the molecule is Clc1ccc(C(Cn2cc(-c3ccccc3)nn2)OCc2ccccc2)cc1. The van der Waals surface area contributed by atoms with E-state index in [2.05, 4.69) is 22.4 Å². The molecule has 0 fully saturated rings. The van der Waals surface area contributed by atoms with Crippen molar-refractivity contribution in [3.63, 3.8) is 0 Å². The van der Waals surface area contributed by atoms with E-state index in [1.807, 2.05) is 83.7 Å². The van der Waals surface area contributed by atoms with Crippen LogP contribution in [0.25, 0.3) is 11.3 Å². The maximum atomic E-state index is 6.24. The smallest absolute Gasteiger partial charge is 0.113 e. The molecule has 0 bridgehead atoms. The van der Waals surface area contributed by atoms with E-state index in [1.54, 1.807) is 0 Å². The lowest BCUT2D eigenvalue weighted by atomic mass is 10.1. The van der Waals surface area contributed by atoms with Gasteiger partial charge in [0.05, 0.1) is 19.3 Å². The van der Waals surface area contributed by atoms with E-state index < -0.39 is 0 Å². The zero-order chi connectivity index (χ0) is 19.2. The number of hydrogen-bond acceptors (Lipinski definition) is 3. The van der Waals surface area contributed by atoms with E-state index in [0.29, 0.717) is 18.2 Å². The van der Waals surface area contributed by atoms with Crippen LogP contribution in [0.3, 0.4) is 0 Å². The van der Waals surface area contributed by atoms with Gasteiger partial charge >= 0.3 is 0 Å². The highest BCUT2D eigenvalue weighted by Gasteiger charge is 2.15. The van der Waals surface area contributed by atoms with Gasteiger partial charge in [-0.3, -0.25) is 0 Å². The lowest BCUT2D eigenvalue weighted by molar-refractivity contribution is 0.0254. The number of ether oxygens (including phenoxy) is 1. The second kappa shape index (κ2) is 8.83. The molecular weight excluding hydrogens is 370 g/mol. The highest BCUT2D eigenvalue weighted by atomic mass is 35.5. The predicted octanol–water partition coefficient (Wildman–Crippen LogP) is 5.56. The van der Waals surface area contributed by atoms with Crippen molar-refractivity contribution in [3.8, 4) is 11.3 Å². The van der Waals surface area contributed by atoms with Gasteiger partial charge in [-0.25, -0.2) is 4.68 Å². The van der Waals surface area contributed by atoms with Gasteiger partial charge in [0.2, 0.25) is 0 Å². The molecule has 0 radical (unpaired) electrons. The molecule has 0 N–H and O–H groups in total. The van der Waals surface area contributed by atoms with Crippen LogP contribution < -0.4 is 0 Å². The summed E-state index contributed by atoms with van der Waals surface area (Å²) in [4.78, 5) is 0. The molecule has 3 aromatic carbocycles. The third kappa shape index (κ3) is 4.66. The summed E-state index contributed by atoms with van der Waals surface area (Å²) in [6.45, 7) is 1.09. The molecule has 4 aromatic rings. The van der Waals surface area contributed by atoms with Gasteiger partial charge in [0.25, 0.3) is 0 Å². The number of nitrogens with zero attached hydrogens (tertiary/aromatic N) is 3. The van der Waals surface area contributed by atoms with Crippen LogP contribution in [-0.4, -0.2) is 15.0 Å². The quantitative estimate of drug-likeness (QED) is 0.415. The second-order valence-corrected chi connectivity index (χ2v) is 6.97. The third-order valence-electron chi connectivity index (χ3n) is 4.50. The van der Waals surface area contributed by atoms with Gasteiger partial charge in [0.1, 0.15) is 11.8 Å². The number of aromatic nitrogens is 3. The average molecular weight is 390 g/mol. The van der Waals surface area contributed by atoms with E-state index in [0.717, 1.165) is 22.4 Å². The van der Waals surface area contributed by atoms with Crippen molar-refractivity contribution in [1.82, 2.24) is 15.0 Å². The minimum atomic E-state index is -0.164. The average Bonchev–Trinajstić information content (AvgIpc) is 3.22.